The molecule has 0 saturated carbocycles. The van der Waals surface area contributed by atoms with Crippen molar-refractivity contribution < 1.29 is 18.3 Å². The molecule has 0 N–H and O–H groups in total. The number of hydrogen-bond acceptors (Lipinski definition) is 4. The minimum atomic E-state index is -0.684. The molecule has 2 atom stereocenters. The lowest BCUT2D eigenvalue weighted by Gasteiger charge is -2.35. The Morgan fingerprint density at radius 1 is 0.330 bits per heavy atom. The van der Waals surface area contributed by atoms with Gasteiger partial charge in [-0.05, 0) is 213 Å². The minimum absolute atomic E-state index is 0.308. The fourth-order valence-corrected chi connectivity index (χ4v) is 13.6. The van der Waals surface area contributed by atoms with Gasteiger partial charge in [0, 0.05) is 34.1 Å². The molecule has 12 aromatic carbocycles. The third kappa shape index (κ3) is 9.45. The molecule has 6 heteroatoms. The summed E-state index contributed by atoms with van der Waals surface area (Å²) in [6, 6.07) is 96.3. The van der Waals surface area contributed by atoms with Gasteiger partial charge in [-0.1, -0.05) is 194 Å². The van der Waals surface area contributed by atoms with Gasteiger partial charge < -0.3 is 19.3 Å². The topological polar surface area (TPSA) is 24.9 Å². The van der Waals surface area contributed by atoms with Gasteiger partial charge in [0.25, 0.3) is 0 Å². The normalized spacial score (nSPS) is 15.1. The number of ether oxygens (including phenoxy) is 2. The van der Waals surface area contributed by atoms with E-state index >= 15 is 0 Å². The summed E-state index contributed by atoms with van der Waals surface area (Å²) in [7, 11) is 0. The van der Waals surface area contributed by atoms with Crippen molar-refractivity contribution in [1.29, 1.82) is 0 Å². The van der Waals surface area contributed by atoms with Crippen molar-refractivity contribution in [2.24, 2.45) is 0 Å². The predicted octanol–water partition coefficient (Wildman–Crippen LogP) is 21.0. The molecule has 0 aromatic heterocycles. The molecule has 0 heterocycles. The summed E-state index contributed by atoms with van der Waals surface area (Å²) in [5.41, 5.74) is 22.2. The first-order valence-electron chi connectivity index (χ1n) is 29.8. The van der Waals surface area contributed by atoms with Crippen LogP contribution < -0.4 is 19.3 Å². The van der Waals surface area contributed by atoms with Crippen molar-refractivity contribution in [2.45, 2.75) is 24.7 Å². The van der Waals surface area contributed by atoms with E-state index in [0.717, 1.165) is 101 Å². The molecule has 0 spiro atoms. The SMILES string of the molecule is C=CCOc1ccc(C2(c3ccc(C)cc3)c3ccccc3-c3ccc(N(c4ccc(F)cc4)c4ccc(-c5ccc(N(c6ccc(F)cc6)c6ccc7c(c6)C(c6ccc(C)cc6)(c6ccc(OCC=C)cc6)c6ccccc6-7)cc5)cc4)cc32)cc1. The summed E-state index contributed by atoms with van der Waals surface area (Å²) >= 11 is 0. The Labute approximate surface area is 513 Å². The number of benzene rings is 12. The zero-order chi connectivity index (χ0) is 59.9. The number of halogens is 2. The summed E-state index contributed by atoms with van der Waals surface area (Å²) in [4.78, 5) is 4.41. The van der Waals surface area contributed by atoms with Gasteiger partial charge in [-0.3, -0.25) is 0 Å². The molecule has 88 heavy (non-hydrogen) atoms. The van der Waals surface area contributed by atoms with Crippen LogP contribution in [0.25, 0.3) is 33.4 Å². The highest BCUT2D eigenvalue weighted by atomic mass is 19.1. The molecule has 0 saturated heterocycles. The lowest BCUT2D eigenvalue weighted by molar-refractivity contribution is 0.363. The Hall–Kier alpha value is -10.8. The van der Waals surface area contributed by atoms with Gasteiger partial charge in [0.15, 0.2) is 0 Å². The van der Waals surface area contributed by atoms with Gasteiger partial charge in [-0.25, -0.2) is 8.78 Å². The van der Waals surface area contributed by atoms with E-state index in [4.69, 9.17) is 9.47 Å². The van der Waals surface area contributed by atoms with Crippen LogP contribution in [0.4, 0.5) is 42.9 Å². The summed E-state index contributed by atoms with van der Waals surface area (Å²) in [6.07, 6.45) is 3.51. The molecule has 0 fully saturated rings. The van der Waals surface area contributed by atoms with Crippen molar-refractivity contribution >= 4 is 34.1 Å². The van der Waals surface area contributed by atoms with E-state index in [-0.39, 0.29) is 11.6 Å². The van der Waals surface area contributed by atoms with Crippen LogP contribution in [0, 0.1) is 25.5 Å². The number of anilines is 6. The van der Waals surface area contributed by atoms with Gasteiger partial charge in [-0.15, -0.1) is 0 Å². The molecular weight excluding hydrogens is 1080 g/mol. The van der Waals surface area contributed by atoms with E-state index in [1.165, 1.54) is 57.6 Å². The van der Waals surface area contributed by atoms with Gasteiger partial charge in [-0.2, -0.15) is 0 Å². The summed E-state index contributed by atoms with van der Waals surface area (Å²) < 4.78 is 41.8. The molecule has 0 radical (unpaired) electrons. The monoisotopic (exact) mass is 1140 g/mol. The largest absolute Gasteiger partial charge is 0.490 e. The minimum Gasteiger partial charge on any atom is -0.490 e. The van der Waals surface area contributed by atoms with Crippen LogP contribution in [0.2, 0.25) is 0 Å². The molecule has 4 nitrogen and oxygen atoms in total. The molecule has 2 aliphatic carbocycles. The van der Waals surface area contributed by atoms with Crippen LogP contribution in [0.5, 0.6) is 11.5 Å². The van der Waals surface area contributed by atoms with E-state index < -0.39 is 10.8 Å². The Kier molecular flexibility index (Phi) is 14.3. The summed E-state index contributed by atoms with van der Waals surface area (Å²) in [5, 5.41) is 0. The molecule has 0 amide bonds. The molecular formula is C82H62F2N2O2. The van der Waals surface area contributed by atoms with Gasteiger partial charge in [0.2, 0.25) is 0 Å². The van der Waals surface area contributed by atoms with Crippen molar-refractivity contribution in [3.63, 3.8) is 0 Å². The highest BCUT2D eigenvalue weighted by molar-refractivity contribution is 5.92. The highest BCUT2D eigenvalue weighted by Crippen LogP contribution is 2.59. The van der Waals surface area contributed by atoms with Crippen molar-refractivity contribution in [2.75, 3.05) is 23.0 Å². The Morgan fingerprint density at radius 3 is 0.966 bits per heavy atom. The zero-order valence-corrected chi connectivity index (χ0v) is 49.0. The number of hydrogen-bond donors (Lipinski definition) is 0. The molecule has 0 bridgehead atoms. The third-order valence-corrected chi connectivity index (χ3v) is 17.6. The number of aryl methyl sites for hydroxylation is 2. The number of nitrogens with zero attached hydrogens (tertiary/aromatic N) is 2. The van der Waals surface area contributed by atoms with Crippen LogP contribution >= 0.6 is 0 Å². The second-order valence-electron chi connectivity index (χ2n) is 22.7. The maximum absolute atomic E-state index is 14.9. The van der Waals surface area contributed by atoms with E-state index in [2.05, 4.69) is 267 Å². The lowest BCUT2D eigenvalue weighted by Crippen LogP contribution is -2.28. The van der Waals surface area contributed by atoms with Crippen molar-refractivity contribution in [3.8, 4) is 44.9 Å². The first-order chi connectivity index (χ1) is 43.1. The maximum atomic E-state index is 14.9. The summed E-state index contributed by atoms with van der Waals surface area (Å²) in [5.74, 6) is 0.930. The quantitative estimate of drug-likeness (QED) is 0.0849. The van der Waals surface area contributed by atoms with Crippen molar-refractivity contribution in [1.82, 2.24) is 0 Å². The standard InChI is InChI=1S/C82H62F2N2O2/c1-5-51-87-71-45-27-61(28-46-71)81(59-23-15-55(3)16-24-59)77-13-9-7-11-73(77)75-49-43-69(53-79(75)81)85(67-39-31-63(83)32-40-67)65-35-19-57(20-36-65)58-21-37-66(38-22-58)86(68-41-33-64(84)34-42-68)70-44-50-76-74-12-8-10-14-78(74)82(80(76)54-70,60-25-17-56(4)18-26-60)62-29-47-72(48-30-62)88-52-6-2/h5-50,53-54H,1-2,51-52H2,3-4H3. The average molecular weight is 1150 g/mol. The van der Waals surface area contributed by atoms with Gasteiger partial charge >= 0.3 is 0 Å². The zero-order valence-electron chi connectivity index (χ0n) is 49.0. The fraction of sp³-hybridized carbons (Fsp3) is 0.0732. The molecule has 0 aliphatic heterocycles. The van der Waals surface area contributed by atoms with Gasteiger partial charge in [0.05, 0.1) is 10.8 Å². The Morgan fingerprint density at radius 2 is 0.625 bits per heavy atom. The molecule has 12 aromatic rings. The highest BCUT2D eigenvalue weighted by Gasteiger charge is 2.48. The smallest absolute Gasteiger partial charge is 0.123 e. The Bertz CT molecular complexity index is 4250. The fourth-order valence-electron chi connectivity index (χ4n) is 13.6. The second kappa shape index (κ2) is 22.9. The third-order valence-electron chi connectivity index (χ3n) is 17.6. The maximum Gasteiger partial charge on any atom is 0.123 e. The van der Waals surface area contributed by atoms with E-state index in [1.54, 1.807) is 12.2 Å². The summed E-state index contributed by atoms with van der Waals surface area (Å²) in [6.45, 7) is 12.8. The number of fused-ring (bicyclic) bond motifs is 6. The van der Waals surface area contributed by atoms with Gasteiger partial charge in [0.1, 0.15) is 36.3 Å². The first-order valence-corrected chi connectivity index (χ1v) is 29.8. The van der Waals surface area contributed by atoms with Crippen LogP contribution in [0.1, 0.15) is 55.6 Å². The van der Waals surface area contributed by atoms with E-state index in [9.17, 15) is 8.78 Å². The second-order valence-corrected chi connectivity index (χ2v) is 22.7. The molecule has 14 rings (SSSR count). The molecule has 2 aliphatic rings. The van der Waals surface area contributed by atoms with E-state index in [0.29, 0.717) is 13.2 Å². The van der Waals surface area contributed by atoms with Crippen LogP contribution in [0.3, 0.4) is 0 Å². The molecule has 426 valence electrons. The van der Waals surface area contributed by atoms with Crippen LogP contribution in [0.15, 0.2) is 304 Å². The van der Waals surface area contributed by atoms with E-state index in [1.807, 2.05) is 24.3 Å². The first kappa shape index (κ1) is 55.1. The molecule has 2 unspecified atom stereocenters. The number of rotatable bonds is 17. The van der Waals surface area contributed by atoms with Crippen LogP contribution in [-0.2, 0) is 10.8 Å². The van der Waals surface area contributed by atoms with Crippen LogP contribution in [-0.4, -0.2) is 13.2 Å². The predicted molar refractivity (Wildman–Crippen MR) is 357 cm³/mol. The van der Waals surface area contributed by atoms with Crippen molar-refractivity contribution in [3.05, 3.63) is 372 Å². The Balaban J connectivity index is 0.850. The lowest BCUT2D eigenvalue weighted by atomic mass is 9.67. The average Bonchev–Trinajstić information content (AvgIpc) is 1.54.